The standard InChI is InChI=1S/C23H21N3O3S/c1-15-4-3-5-22(16(15)2)30(28,29)19-8-6-17(7-9-19)13-25-23(27)21-12-18-14-24-11-10-20(18)26-21/h3-12,14,26H,13H2,1-2H3,(H,25,27). The highest BCUT2D eigenvalue weighted by atomic mass is 32.2. The second-order valence-corrected chi connectivity index (χ2v) is 9.09. The van der Waals surface area contributed by atoms with Crippen molar-refractivity contribution in [1.29, 1.82) is 0 Å². The normalized spacial score (nSPS) is 11.5. The van der Waals surface area contributed by atoms with Crippen LogP contribution in [0.2, 0.25) is 0 Å². The van der Waals surface area contributed by atoms with Crippen molar-refractivity contribution in [2.45, 2.75) is 30.2 Å². The molecular weight excluding hydrogens is 398 g/mol. The van der Waals surface area contributed by atoms with Gasteiger partial charge in [0.2, 0.25) is 9.84 Å². The average Bonchev–Trinajstić information content (AvgIpc) is 3.18. The van der Waals surface area contributed by atoms with Gasteiger partial charge in [0.15, 0.2) is 0 Å². The lowest BCUT2D eigenvalue weighted by atomic mass is 10.1. The third-order valence-corrected chi connectivity index (χ3v) is 7.11. The minimum Gasteiger partial charge on any atom is -0.350 e. The van der Waals surface area contributed by atoms with E-state index in [1.807, 2.05) is 19.9 Å². The van der Waals surface area contributed by atoms with Crippen molar-refractivity contribution < 1.29 is 13.2 Å². The predicted molar refractivity (Wildman–Crippen MR) is 115 cm³/mol. The fraction of sp³-hybridized carbons (Fsp3) is 0.130. The van der Waals surface area contributed by atoms with Crippen LogP contribution in [0.3, 0.4) is 0 Å². The molecule has 6 nitrogen and oxygen atoms in total. The molecule has 0 bridgehead atoms. The first-order chi connectivity index (χ1) is 14.4. The first-order valence-electron chi connectivity index (χ1n) is 9.47. The van der Waals surface area contributed by atoms with Gasteiger partial charge in [-0.05, 0) is 60.9 Å². The van der Waals surface area contributed by atoms with Crippen molar-refractivity contribution in [3.8, 4) is 0 Å². The zero-order valence-corrected chi connectivity index (χ0v) is 17.5. The summed E-state index contributed by atoms with van der Waals surface area (Å²) < 4.78 is 26.0. The summed E-state index contributed by atoms with van der Waals surface area (Å²) in [7, 11) is -3.60. The van der Waals surface area contributed by atoms with Gasteiger partial charge in [-0.15, -0.1) is 0 Å². The van der Waals surface area contributed by atoms with Gasteiger partial charge in [0, 0.05) is 29.8 Å². The monoisotopic (exact) mass is 419 g/mol. The molecule has 0 aliphatic heterocycles. The smallest absolute Gasteiger partial charge is 0.267 e. The molecule has 0 atom stereocenters. The van der Waals surface area contributed by atoms with Crippen LogP contribution in [0.1, 0.15) is 27.2 Å². The van der Waals surface area contributed by atoms with E-state index < -0.39 is 9.84 Å². The number of amides is 1. The van der Waals surface area contributed by atoms with Gasteiger partial charge in [0.05, 0.1) is 9.79 Å². The number of nitrogens with one attached hydrogen (secondary N) is 2. The van der Waals surface area contributed by atoms with Gasteiger partial charge in [-0.1, -0.05) is 24.3 Å². The van der Waals surface area contributed by atoms with E-state index in [0.29, 0.717) is 10.6 Å². The van der Waals surface area contributed by atoms with Crippen LogP contribution in [-0.2, 0) is 16.4 Å². The van der Waals surface area contributed by atoms with Gasteiger partial charge in [0.25, 0.3) is 5.91 Å². The second-order valence-electron chi connectivity index (χ2n) is 7.17. The molecule has 0 aliphatic rings. The molecule has 0 saturated carbocycles. The van der Waals surface area contributed by atoms with Crippen LogP contribution in [0.25, 0.3) is 10.9 Å². The molecule has 1 amide bonds. The number of hydrogen-bond acceptors (Lipinski definition) is 4. The summed E-state index contributed by atoms with van der Waals surface area (Å²) in [6.07, 6.45) is 3.35. The molecule has 4 rings (SSSR count). The number of hydrogen-bond donors (Lipinski definition) is 2. The molecule has 2 aromatic carbocycles. The Balaban J connectivity index is 1.48. The number of aromatic nitrogens is 2. The zero-order valence-electron chi connectivity index (χ0n) is 16.6. The fourth-order valence-corrected chi connectivity index (χ4v) is 4.87. The summed E-state index contributed by atoms with van der Waals surface area (Å²) in [4.78, 5) is 20.1. The number of rotatable bonds is 5. The minimum absolute atomic E-state index is 0.231. The number of aryl methyl sites for hydroxylation is 1. The second kappa shape index (κ2) is 7.76. The molecule has 4 aromatic rings. The molecule has 30 heavy (non-hydrogen) atoms. The van der Waals surface area contributed by atoms with Crippen LogP contribution in [0, 0.1) is 13.8 Å². The van der Waals surface area contributed by atoms with E-state index >= 15 is 0 Å². The van der Waals surface area contributed by atoms with E-state index in [9.17, 15) is 13.2 Å². The van der Waals surface area contributed by atoms with E-state index in [2.05, 4.69) is 15.3 Å². The maximum absolute atomic E-state index is 13.0. The molecule has 2 heterocycles. The zero-order chi connectivity index (χ0) is 21.3. The summed E-state index contributed by atoms with van der Waals surface area (Å²) in [5.41, 5.74) is 3.79. The summed E-state index contributed by atoms with van der Waals surface area (Å²) in [6, 6.07) is 15.4. The summed E-state index contributed by atoms with van der Waals surface area (Å²) in [5.74, 6) is -0.238. The van der Waals surface area contributed by atoms with Gasteiger partial charge < -0.3 is 10.3 Å². The van der Waals surface area contributed by atoms with Crippen molar-refractivity contribution in [2.24, 2.45) is 0 Å². The Morgan fingerprint density at radius 3 is 2.57 bits per heavy atom. The number of pyridine rings is 1. The topological polar surface area (TPSA) is 91.9 Å². The predicted octanol–water partition coefficient (Wildman–Crippen LogP) is 3.94. The summed E-state index contributed by atoms with van der Waals surface area (Å²) >= 11 is 0. The number of carbonyl (C=O) groups is 1. The summed E-state index contributed by atoms with van der Waals surface area (Å²) in [6.45, 7) is 3.99. The Bertz CT molecular complexity index is 1310. The maximum Gasteiger partial charge on any atom is 0.267 e. The largest absolute Gasteiger partial charge is 0.350 e. The molecule has 7 heteroatoms. The molecule has 2 aromatic heterocycles. The molecular formula is C23H21N3O3S. The van der Waals surface area contributed by atoms with Crippen molar-refractivity contribution in [3.05, 3.63) is 89.4 Å². The molecule has 0 unspecified atom stereocenters. The molecule has 2 N–H and O–H groups in total. The molecule has 0 spiro atoms. The Morgan fingerprint density at radius 2 is 1.83 bits per heavy atom. The number of fused-ring (bicyclic) bond motifs is 1. The van der Waals surface area contributed by atoms with Gasteiger partial charge in [-0.3, -0.25) is 9.78 Å². The number of sulfone groups is 1. The third kappa shape index (κ3) is 3.71. The lowest BCUT2D eigenvalue weighted by molar-refractivity contribution is 0.0946. The van der Waals surface area contributed by atoms with E-state index in [1.54, 1.807) is 60.9 Å². The lowest BCUT2D eigenvalue weighted by Crippen LogP contribution is -2.23. The van der Waals surface area contributed by atoms with Crippen molar-refractivity contribution in [3.63, 3.8) is 0 Å². The van der Waals surface area contributed by atoms with Gasteiger partial charge in [0.1, 0.15) is 5.69 Å². The number of aromatic amines is 1. The number of benzene rings is 2. The van der Waals surface area contributed by atoms with Gasteiger partial charge in [-0.2, -0.15) is 0 Å². The van der Waals surface area contributed by atoms with E-state index in [1.165, 1.54) is 0 Å². The van der Waals surface area contributed by atoms with Crippen LogP contribution in [0.4, 0.5) is 0 Å². The van der Waals surface area contributed by atoms with E-state index in [4.69, 9.17) is 0 Å². The van der Waals surface area contributed by atoms with Crippen LogP contribution in [0.15, 0.2) is 76.8 Å². The molecule has 0 fully saturated rings. The highest BCUT2D eigenvalue weighted by Gasteiger charge is 2.20. The van der Waals surface area contributed by atoms with Gasteiger partial charge >= 0.3 is 0 Å². The Kier molecular flexibility index (Phi) is 5.13. The SMILES string of the molecule is Cc1cccc(S(=O)(=O)c2ccc(CNC(=O)c3cc4cnccc4[nH]3)cc2)c1C. The number of H-pyrrole nitrogens is 1. The fourth-order valence-electron chi connectivity index (χ4n) is 3.30. The molecule has 0 saturated heterocycles. The van der Waals surface area contributed by atoms with Crippen molar-refractivity contribution >= 4 is 26.6 Å². The highest BCUT2D eigenvalue weighted by molar-refractivity contribution is 7.91. The molecule has 0 radical (unpaired) electrons. The Hall–Kier alpha value is -3.45. The summed E-state index contributed by atoms with van der Waals surface area (Å²) in [5, 5.41) is 3.71. The first kappa shape index (κ1) is 19.8. The van der Waals surface area contributed by atoms with Crippen LogP contribution < -0.4 is 5.32 Å². The van der Waals surface area contributed by atoms with Crippen molar-refractivity contribution in [2.75, 3.05) is 0 Å². The first-order valence-corrected chi connectivity index (χ1v) is 11.0. The number of nitrogens with zero attached hydrogens (tertiary/aromatic N) is 1. The maximum atomic E-state index is 13.0. The van der Waals surface area contributed by atoms with Crippen LogP contribution in [-0.4, -0.2) is 24.3 Å². The molecule has 0 aliphatic carbocycles. The number of carbonyl (C=O) groups excluding carboxylic acids is 1. The van der Waals surface area contributed by atoms with E-state index in [0.717, 1.165) is 27.6 Å². The highest BCUT2D eigenvalue weighted by Crippen LogP contribution is 2.25. The van der Waals surface area contributed by atoms with Crippen LogP contribution in [0.5, 0.6) is 0 Å². The van der Waals surface area contributed by atoms with E-state index in [-0.39, 0.29) is 17.3 Å². The van der Waals surface area contributed by atoms with Gasteiger partial charge in [-0.25, -0.2) is 8.42 Å². The third-order valence-electron chi connectivity index (χ3n) is 5.20. The van der Waals surface area contributed by atoms with Crippen LogP contribution >= 0.6 is 0 Å². The lowest BCUT2D eigenvalue weighted by Gasteiger charge is -2.11. The minimum atomic E-state index is -3.60. The molecule has 152 valence electrons. The Morgan fingerprint density at radius 1 is 1.07 bits per heavy atom. The average molecular weight is 420 g/mol. The van der Waals surface area contributed by atoms with Crippen molar-refractivity contribution in [1.82, 2.24) is 15.3 Å². The quantitative estimate of drug-likeness (QED) is 0.512. The Labute approximate surface area is 174 Å².